The van der Waals surface area contributed by atoms with Crippen molar-refractivity contribution < 1.29 is 9.53 Å². The summed E-state index contributed by atoms with van der Waals surface area (Å²) in [6, 6.07) is 1.98. The number of anilines is 1. The van der Waals surface area contributed by atoms with E-state index in [2.05, 4.69) is 37.2 Å². The molecule has 3 aromatic rings. The Morgan fingerprint density at radius 3 is 3.04 bits per heavy atom. The van der Waals surface area contributed by atoms with E-state index >= 15 is 0 Å². The van der Waals surface area contributed by atoms with Crippen molar-refractivity contribution in [1.82, 2.24) is 34.4 Å². The molecule has 3 aromatic heterocycles. The maximum Gasteiger partial charge on any atom is 0.271 e. The maximum absolute atomic E-state index is 12.3. The first-order valence-corrected chi connectivity index (χ1v) is 8.86. The third-order valence-electron chi connectivity index (χ3n) is 4.71. The lowest BCUT2D eigenvalue weighted by atomic mass is 10.2. The van der Waals surface area contributed by atoms with Gasteiger partial charge in [0.15, 0.2) is 0 Å². The third kappa shape index (κ3) is 3.12. The Kier molecular flexibility index (Phi) is 4.48. The van der Waals surface area contributed by atoms with Gasteiger partial charge >= 0.3 is 0 Å². The van der Waals surface area contributed by atoms with Crippen LogP contribution in [0.2, 0.25) is 0 Å². The number of carbonyl (C=O) groups is 1. The molecule has 0 aliphatic carbocycles. The van der Waals surface area contributed by atoms with Crippen LogP contribution >= 0.6 is 0 Å². The number of imidazole rings is 1. The Bertz CT molecular complexity index is 979. The number of ether oxygens (including phenoxy) is 1. The van der Waals surface area contributed by atoms with Gasteiger partial charge < -0.3 is 19.5 Å². The number of hydrogen-bond donors (Lipinski definition) is 1. The van der Waals surface area contributed by atoms with Crippen molar-refractivity contribution in [2.24, 2.45) is 0 Å². The van der Waals surface area contributed by atoms with Gasteiger partial charge in [-0.2, -0.15) is 14.6 Å². The molecule has 142 valence electrons. The predicted molar refractivity (Wildman–Crippen MR) is 97.7 cm³/mol. The third-order valence-corrected chi connectivity index (χ3v) is 4.71. The summed E-state index contributed by atoms with van der Waals surface area (Å²) in [7, 11) is 1.60. The van der Waals surface area contributed by atoms with Crippen LogP contribution in [-0.4, -0.2) is 61.8 Å². The van der Waals surface area contributed by atoms with Crippen LogP contribution in [0.25, 0.3) is 5.78 Å². The van der Waals surface area contributed by atoms with Crippen LogP contribution < -0.4 is 10.2 Å². The van der Waals surface area contributed by atoms with E-state index in [1.807, 2.05) is 23.8 Å². The zero-order chi connectivity index (χ0) is 19.0. The Morgan fingerprint density at radius 2 is 2.22 bits per heavy atom. The predicted octanol–water partition coefficient (Wildman–Crippen LogP) is 0.587. The molecular formula is C17H22N8O2. The Labute approximate surface area is 156 Å². The molecule has 10 heteroatoms. The minimum atomic E-state index is -0.189. The van der Waals surface area contributed by atoms with Crippen LogP contribution in [-0.2, 0) is 11.3 Å². The normalized spacial score (nSPS) is 16.6. The molecule has 1 aliphatic heterocycles. The lowest BCUT2D eigenvalue weighted by Crippen LogP contribution is -2.38. The van der Waals surface area contributed by atoms with Gasteiger partial charge in [0.05, 0.1) is 12.6 Å². The molecule has 10 nitrogen and oxygen atoms in total. The number of methoxy groups -OCH3 is 1. The van der Waals surface area contributed by atoms with Crippen LogP contribution in [0.3, 0.4) is 0 Å². The molecule has 1 atom stereocenters. The van der Waals surface area contributed by atoms with Gasteiger partial charge in [-0.15, -0.1) is 0 Å². The second-order valence-corrected chi connectivity index (χ2v) is 6.52. The SMILES string of the molecule is COCCNC(=O)c1cn2c(n1)[C@@H](C)N(c1cc(C)nc3ncnn13)CC2. The number of nitrogens with zero attached hydrogens (tertiary/aromatic N) is 7. The van der Waals surface area contributed by atoms with E-state index in [1.54, 1.807) is 11.6 Å². The minimum absolute atomic E-state index is 0.0199. The molecule has 1 aliphatic rings. The zero-order valence-corrected chi connectivity index (χ0v) is 15.6. The highest BCUT2D eigenvalue weighted by Crippen LogP contribution is 2.30. The van der Waals surface area contributed by atoms with E-state index < -0.39 is 0 Å². The summed E-state index contributed by atoms with van der Waals surface area (Å²) in [5.74, 6) is 2.15. The fourth-order valence-electron chi connectivity index (χ4n) is 3.39. The smallest absolute Gasteiger partial charge is 0.271 e. The molecule has 4 rings (SSSR count). The molecule has 0 unspecified atom stereocenters. The second kappa shape index (κ2) is 6.95. The molecule has 0 spiro atoms. The number of nitrogens with one attached hydrogen (secondary N) is 1. The number of fused-ring (bicyclic) bond motifs is 2. The van der Waals surface area contributed by atoms with Crippen molar-refractivity contribution in [2.75, 3.05) is 31.7 Å². The lowest BCUT2D eigenvalue weighted by Gasteiger charge is -2.35. The number of amides is 1. The largest absolute Gasteiger partial charge is 0.383 e. The molecule has 0 saturated carbocycles. The fraction of sp³-hybridized carbons (Fsp3) is 0.471. The zero-order valence-electron chi connectivity index (χ0n) is 15.6. The monoisotopic (exact) mass is 370 g/mol. The summed E-state index contributed by atoms with van der Waals surface area (Å²) in [6.45, 7) is 6.45. The summed E-state index contributed by atoms with van der Waals surface area (Å²) in [4.78, 5) is 27.7. The highest BCUT2D eigenvalue weighted by Gasteiger charge is 2.29. The van der Waals surface area contributed by atoms with E-state index in [4.69, 9.17) is 4.74 Å². The van der Waals surface area contributed by atoms with Crippen LogP contribution in [0.15, 0.2) is 18.6 Å². The van der Waals surface area contributed by atoms with Gasteiger partial charge in [0.25, 0.3) is 11.7 Å². The van der Waals surface area contributed by atoms with Crippen LogP contribution in [0, 0.1) is 6.92 Å². The molecule has 4 heterocycles. The maximum atomic E-state index is 12.3. The second-order valence-electron chi connectivity index (χ2n) is 6.52. The van der Waals surface area contributed by atoms with E-state index in [0.29, 0.717) is 24.6 Å². The van der Waals surface area contributed by atoms with E-state index in [0.717, 1.165) is 30.4 Å². The van der Waals surface area contributed by atoms with Gasteiger partial charge in [0.2, 0.25) is 0 Å². The van der Waals surface area contributed by atoms with Gasteiger partial charge in [-0.25, -0.2) is 9.97 Å². The lowest BCUT2D eigenvalue weighted by molar-refractivity contribution is 0.0932. The van der Waals surface area contributed by atoms with Gasteiger partial charge in [-0.1, -0.05) is 0 Å². The summed E-state index contributed by atoms with van der Waals surface area (Å²) >= 11 is 0. The molecule has 1 N–H and O–H groups in total. The van der Waals surface area contributed by atoms with Crippen molar-refractivity contribution in [2.45, 2.75) is 26.4 Å². The molecule has 27 heavy (non-hydrogen) atoms. The minimum Gasteiger partial charge on any atom is -0.383 e. The molecule has 0 aromatic carbocycles. The summed E-state index contributed by atoms with van der Waals surface area (Å²) in [6.07, 6.45) is 3.32. The summed E-state index contributed by atoms with van der Waals surface area (Å²) in [5, 5.41) is 7.11. The summed E-state index contributed by atoms with van der Waals surface area (Å²) < 4.78 is 8.74. The first-order valence-electron chi connectivity index (χ1n) is 8.86. The van der Waals surface area contributed by atoms with Crippen LogP contribution in [0.4, 0.5) is 5.82 Å². The van der Waals surface area contributed by atoms with Crippen LogP contribution in [0.5, 0.6) is 0 Å². The molecule has 0 fully saturated rings. The average Bonchev–Trinajstić information content (AvgIpc) is 3.28. The van der Waals surface area contributed by atoms with Crippen molar-refractivity contribution in [3.8, 4) is 0 Å². The van der Waals surface area contributed by atoms with Gasteiger partial charge in [-0.05, 0) is 13.8 Å². The van der Waals surface area contributed by atoms with Crippen LogP contribution in [0.1, 0.15) is 35.0 Å². The number of rotatable bonds is 5. The van der Waals surface area contributed by atoms with Gasteiger partial charge in [0.1, 0.15) is 23.7 Å². The number of hydrogen-bond acceptors (Lipinski definition) is 7. The highest BCUT2D eigenvalue weighted by atomic mass is 16.5. The van der Waals surface area contributed by atoms with Crippen molar-refractivity contribution in [1.29, 1.82) is 0 Å². The Morgan fingerprint density at radius 1 is 1.37 bits per heavy atom. The van der Waals surface area contributed by atoms with E-state index in [-0.39, 0.29) is 11.9 Å². The molecular weight excluding hydrogens is 348 g/mol. The number of carbonyl (C=O) groups excluding carboxylic acids is 1. The van der Waals surface area contributed by atoms with E-state index in [9.17, 15) is 4.79 Å². The first kappa shape index (κ1) is 17.4. The Hall–Kier alpha value is -3.01. The fourth-order valence-corrected chi connectivity index (χ4v) is 3.39. The van der Waals surface area contributed by atoms with Gasteiger partial charge in [0, 0.05) is 44.7 Å². The standard InChI is InChI=1S/C17H22N8O2/c1-11-8-14(25-17(21-11)19-10-20-25)24-6-5-23-9-13(22-15(23)12(24)2)16(26)18-4-7-27-3/h8-10,12H,4-7H2,1-3H3,(H,18,26)/t12-/m1/s1. The molecule has 0 saturated heterocycles. The van der Waals surface area contributed by atoms with Crippen molar-refractivity contribution in [3.63, 3.8) is 0 Å². The van der Waals surface area contributed by atoms with Crippen molar-refractivity contribution in [3.05, 3.63) is 35.8 Å². The molecule has 1 amide bonds. The quantitative estimate of drug-likeness (QED) is 0.656. The van der Waals surface area contributed by atoms with E-state index in [1.165, 1.54) is 6.33 Å². The first-order chi connectivity index (χ1) is 13.1. The van der Waals surface area contributed by atoms with Crippen molar-refractivity contribution >= 4 is 17.5 Å². The average molecular weight is 370 g/mol. The topological polar surface area (TPSA) is 102 Å². The number of aryl methyl sites for hydroxylation is 1. The highest BCUT2D eigenvalue weighted by molar-refractivity contribution is 5.92. The Balaban J connectivity index is 1.62. The molecule has 0 radical (unpaired) electrons. The summed E-state index contributed by atoms with van der Waals surface area (Å²) in [5.41, 5.74) is 1.30. The van der Waals surface area contributed by atoms with Gasteiger partial charge in [-0.3, -0.25) is 4.79 Å². The number of aromatic nitrogens is 6. The molecule has 0 bridgehead atoms.